The average Bonchev–Trinajstić information content (AvgIpc) is 2.52. The molecule has 1 atom stereocenters. The minimum atomic E-state index is -0.574. The zero-order valence-corrected chi connectivity index (χ0v) is 8.21. The van der Waals surface area contributed by atoms with Crippen LogP contribution < -0.4 is 0 Å². The van der Waals surface area contributed by atoms with E-state index in [-0.39, 0.29) is 5.97 Å². The number of carbonyl (C=O) groups is 2. The lowest BCUT2D eigenvalue weighted by Crippen LogP contribution is -2.38. The highest BCUT2D eigenvalue weighted by Gasteiger charge is 2.34. The van der Waals surface area contributed by atoms with Gasteiger partial charge in [0, 0.05) is 6.54 Å². The second-order valence-corrected chi connectivity index (χ2v) is 3.18. The highest BCUT2D eigenvalue weighted by molar-refractivity contribution is 6.63. The van der Waals surface area contributed by atoms with Crippen LogP contribution in [0.5, 0.6) is 0 Å². The highest BCUT2D eigenvalue weighted by Crippen LogP contribution is 2.19. The molecule has 13 heavy (non-hydrogen) atoms. The van der Waals surface area contributed by atoms with E-state index in [1.54, 1.807) is 6.92 Å². The molecule has 1 rings (SSSR count). The molecule has 1 aliphatic rings. The van der Waals surface area contributed by atoms with E-state index in [9.17, 15) is 9.59 Å². The molecule has 0 aromatic heterocycles. The van der Waals surface area contributed by atoms with Crippen LogP contribution in [0.4, 0.5) is 4.79 Å². The van der Waals surface area contributed by atoms with Crippen molar-refractivity contribution in [2.45, 2.75) is 25.8 Å². The molecule has 0 radical (unpaired) electrons. The zero-order chi connectivity index (χ0) is 9.84. The number of carbonyl (C=O) groups excluding carboxylic acids is 2. The van der Waals surface area contributed by atoms with Crippen molar-refractivity contribution in [3.05, 3.63) is 0 Å². The number of hydrogen-bond donors (Lipinski definition) is 0. The van der Waals surface area contributed by atoms with Gasteiger partial charge in [-0.3, -0.25) is 4.79 Å². The maximum absolute atomic E-state index is 11.3. The molecule has 1 saturated heterocycles. The Labute approximate surface area is 81.8 Å². The van der Waals surface area contributed by atoms with Crippen molar-refractivity contribution in [3.8, 4) is 0 Å². The Morgan fingerprint density at radius 1 is 1.62 bits per heavy atom. The normalized spacial score (nSPS) is 21.7. The van der Waals surface area contributed by atoms with Gasteiger partial charge in [-0.25, -0.2) is 4.79 Å². The van der Waals surface area contributed by atoms with Gasteiger partial charge in [-0.05, 0) is 31.4 Å². The van der Waals surface area contributed by atoms with E-state index in [2.05, 4.69) is 0 Å². The number of amides is 1. The summed E-state index contributed by atoms with van der Waals surface area (Å²) in [5, 5.41) is -0.574. The van der Waals surface area contributed by atoms with E-state index in [1.807, 2.05) is 0 Å². The first kappa shape index (κ1) is 10.3. The van der Waals surface area contributed by atoms with Gasteiger partial charge in [0.15, 0.2) is 0 Å². The SMILES string of the molecule is CCOC(=O)[C@H]1CCCN1C(=O)Cl. The molecule has 4 nitrogen and oxygen atoms in total. The van der Waals surface area contributed by atoms with E-state index in [0.717, 1.165) is 6.42 Å². The van der Waals surface area contributed by atoms with Gasteiger partial charge in [0.2, 0.25) is 0 Å². The molecule has 1 aliphatic heterocycles. The van der Waals surface area contributed by atoms with Gasteiger partial charge in [-0.1, -0.05) is 0 Å². The first-order valence-electron chi connectivity index (χ1n) is 4.29. The Kier molecular flexibility index (Phi) is 3.54. The molecule has 0 aromatic carbocycles. The molecule has 5 heteroatoms. The zero-order valence-electron chi connectivity index (χ0n) is 7.46. The van der Waals surface area contributed by atoms with E-state index < -0.39 is 11.4 Å². The number of halogens is 1. The summed E-state index contributed by atoms with van der Waals surface area (Å²) in [4.78, 5) is 23.5. The van der Waals surface area contributed by atoms with Crippen molar-refractivity contribution in [2.24, 2.45) is 0 Å². The first-order chi connectivity index (χ1) is 6.16. The van der Waals surface area contributed by atoms with Crippen molar-refractivity contribution in [1.29, 1.82) is 0 Å². The lowest BCUT2D eigenvalue weighted by atomic mass is 10.2. The van der Waals surface area contributed by atoms with Crippen LogP contribution in [0.25, 0.3) is 0 Å². The van der Waals surface area contributed by atoms with Crippen LogP contribution >= 0.6 is 11.6 Å². The second kappa shape index (κ2) is 4.46. The van der Waals surface area contributed by atoms with Gasteiger partial charge < -0.3 is 9.64 Å². The number of nitrogens with zero attached hydrogens (tertiary/aromatic N) is 1. The van der Waals surface area contributed by atoms with Crippen LogP contribution in [0.15, 0.2) is 0 Å². The van der Waals surface area contributed by atoms with Crippen molar-refractivity contribution < 1.29 is 14.3 Å². The Morgan fingerprint density at radius 3 is 2.85 bits per heavy atom. The fourth-order valence-corrected chi connectivity index (χ4v) is 1.66. The molecule has 0 bridgehead atoms. The molecule has 0 spiro atoms. The van der Waals surface area contributed by atoms with Crippen LogP contribution in [0.3, 0.4) is 0 Å². The minimum absolute atomic E-state index is 0.333. The molecule has 0 aromatic rings. The number of ether oxygens (including phenoxy) is 1. The molecule has 1 heterocycles. The molecular weight excluding hydrogens is 194 g/mol. The third kappa shape index (κ3) is 2.34. The summed E-state index contributed by atoms with van der Waals surface area (Å²) in [5.41, 5.74) is 0. The third-order valence-electron chi connectivity index (χ3n) is 2.04. The summed E-state index contributed by atoms with van der Waals surface area (Å²) in [6, 6.07) is -0.468. The summed E-state index contributed by atoms with van der Waals surface area (Å²) in [5.74, 6) is -0.353. The van der Waals surface area contributed by atoms with Gasteiger partial charge >= 0.3 is 11.3 Å². The van der Waals surface area contributed by atoms with Crippen molar-refractivity contribution >= 4 is 22.9 Å². The standard InChI is InChI=1S/C8H12ClNO3/c1-2-13-7(11)6-4-3-5-10(6)8(9)12/h6H,2-5H2,1H3/t6-/m1/s1. The van der Waals surface area contributed by atoms with Crippen LogP contribution in [0.1, 0.15) is 19.8 Å². The van der Waals surface area contributed by atoms with Gasteiger partial charge in [-0.2, -0.15) is 0 Å². The fraction of sp³-hybridized carbons (Fsp3) is 0.750. The fourth-order valence-electron chi connectivity index (χ4n) is 1.46. The highest BCUT2D eigenvalue weighted by atomic mass is 35.5. The third-order valence-corrected chi connectivity index (χ3v) is 2.25. The van der Waals surface area contributed by atoms with Crippen LogP contribution in [-0.4, -0.2) is 35.4 Å². The predicted molar refractivity (Wildman–Crippen MR) is 47.6 cm³/mol. The lowest BCUT2D eigenvalue weighted by molar-refractivity contribution is -0.147. The van der Waals surface area contributed by atoms with E-state index in [4.69, 9.17) is 16.3 Å². The smallest absolute Gasteiger partial charge is 0.328 e. The molecule has 1 fully saturated rings. The topological polar surface area (TPSA) is 46.6 Å². The quantitative estimate of drug-likeness (QED) is 0.389. The van der Waals surface area contributed by atoms with Crippen molar-refractivity contribution in [2.75, 3.05) is 13.2 Å². The molecular formula is C8H12ClNO3. The molecule has 0 saturated carbocycles. The summed E-state index contributed by atoms with van der Waals surface area (Å²) in [6.07, 6.45) is 1.46. The Morgan fingerprint density at radius 2 is 2.31 bits per heavy atom. The van der Waals surface area contributed by atoms with E-state index in [1.165, 1.54) is 4.90 Å². The van der Waals surface area contributed by atoms with Crippen molar-refractivity contribution in [3.63, 3.8) is 0 Å². The summed E-state index contributed by atoms with van der Waals surface area (Å²) >= 11 is 5.30. The number of hydrogen-bond acceptors (Lipinski definition) is 3. The lowest BCUT2D eigenvalue weighted by Gasteiger charge is -2.19. The van der Waals surface area contributed by atoms with Crippen molar-refractivity contribution in [1.82, 2.24) is 4.90 Å². The minimum Gasteiger partial charge on any atom is -0.464 e. The number of esters is 1. The summed E-state index contributed by atoms with van der Waals surface area (Å²) in [7, 11) is 0. The monoisotopic (exact) mass is 205 g/mol. The maximum Gasteiger partial charge on any atom is 0.328 e. The van der Waals surface area contributed by atoms with E-state index in [0.29, 0.717) is 19.6 Å². The van der Waals surface area contributed by atoms with Crippen LogP contribution in [0.2, 0.25) is 0 Å². The van der Waals surface area contributed by atoms with Gasteiger partial charge in [0.1, 0.15) is 6.04 Å². The molecule has 74 valence electrons. The molecule has 1 amide bonds. The first-order valence-corrected chi connectivity index (χ1v) is 4.67. The van der Waals surface area contributed by atoms with E-state index >= 15 is 0 Å². The molecule has 0 unspecified atom stereocenters. The van der Waals surface area contributed by atoms with Crippen LogP contribution in [0, 0.1) is 0 Å². The summed E-state index contributed by atoms with van der Waals surface area (Å²) in [6.45, 7) is 2.62. The molecule has 0 aliphatic carbocycles. The Bertz CT molecular complexity index is 219. The largest absolute Gasteiger partial charge is 0.464 e. The Balaban J connectivity index is 2.57. The predicted octanol–water partition coefficient (Wildman–Crippen LogP) is 1.37. The summed E-state index contributed by atoms with van der Waals surface area (Å²) < 4.78 is 4.81. The maximum atomic E-state index is 11.3. The average molecular weight is 206 g/mol. The molecule has 0 N–H and O–H groups in total. The van der Waals surface area contributed by atoms with Gasteiger partial charge in [0.25, 0.3) is 0 Å². The number of rotatable bonds is 2. The van der Waals surface area contributed by atoms with Gasteiger partial charge in [-0.15, -0.1) is 0 Å². The number of likely N-dealkylation sites (tertiary alicyclic amines) is 1. The Hall–Kier alpha value is -0.770. The second-order valence-electron chi connectivity index (χ2n) is 2.86. The van der Waals surface area contributed by atoms with Crippen LogP contribution in [-0.2, 0) is 9.53 Å². The van der Waals surface area contributed by atoms with Gasteiger partial charge in [0.05, 0.1) is 6.61 Å².